The first-order valence-corrected chi connectivity index (χ1v) is 7.05. The Bertz CT molecular complexity index is 277. The molecule has 0 aromatic rings. The van der Waals surface area contributed by atoms with Gasteiger partial charge in [-0.25, -0.2) is 0 Å². The van der Waals surface area contributed by atoms with Crippen LogP contribution in [0.3, 0.4) is 0 Å². The molecule has 18 heavy (non-hydrogen) atoms. The Morgan fingerprint density at radius 1 is 1.33 bits per heavy atom. The Morgan fingerprint density at radius 3 is 2.94 bits per heavy atom. The van der Waals surface area contributed by atoms with Crippen LogP contribution in [0.1, 0.15) is 19.8 Å². The smallest absolute Gasteiger partial charge is 0.236 e. The third-order valence-corrected chi connectivity index (χ3v) is 4.06. The van der Waals surface area contributed by atoms with Gasteiger partial charge in [-0.05, 0) is 31.8 Å². The van der Waals surface area contributed by atoms with Crippen molar-refractivity contribution in [1.82, 2.24) is 15.1 Å². The van der Waals surface area contributed by atoms with E-state index in [1.807, 2.05) is 11.8 Å². The molecule has 5 heteroatoms. The number of carbonyl (C=O) groups is 1. The van der Waals surface area contributed by atoms with E-state index in [-0.39, 0.29) is 12.0 Å². The van der Waals surface area contributed by atoms with Crippen LogP contribution in [0.25, 0.3) is 0 Å². The zero-order valence-electron chi connectivity index (χ0n) is 11.3. The van der Waals surface area contributed by atoms with Gasteiger partial charge in [0.2, 0.25) is 5.91 Å². The van der Waals surface area contributed by atoms with Crippen LogP contribution in [0, 0.1) is 5.92 Å². The molecule has 2 aliphatic rings. The number of aliphatic hydroxyl groups is 1. The highest BCUT2D eigenvalue weighted by atomic mass is 16.3. The van der Waals surface area contributed by atoms with Crippen LogP contribution < -0.4 is 5.32 Å². The summed E-state index contributed by atoms with van der Waals surface area (Å²) in [6.07, 6.45) is 1.66. The molecule has 0 bridgehead atoms. The van der Waals surface area contributed by atoms with Crippen LogP contribution in [0.15, 0.2) is 0 Å². The van der Waals surface area contributed by atoms with Gasteiger partial charge in [0, 0.05) is 26.2 Å². The number of aliphatic hydroxyl groups excluding tert-OH is 1. The van der Waals surface area contributed by atoms with Gasteiger partial charge in [-0.1, -0.05) is 6.92 Å². The van der Waals surface area contributed by atoms with E-state index in [0.717, 1.165) is 45.6 Å². The van der Waals surface area contributed by atoms with Crippen LogP contribution in [0.2, 0.25) is 0 Å². The van der Waals surface area contributed by atoms with Crippen molar-refractivity contribution < 1.29 is 9.90 Å². The number of piperidine rings is 1. The highest BCUT2D eigenvalue weighted by molar-refractivity contribution is 5.78. The topological polar surface area (TPSA) is 55.8 Å². The number of amides is 1. The van der Waals surface area contributed by atoms with Crippen molar-refractivity contribution in [3.05, 3.63) is 0 Å². The van der Waals surface area contributed by atoms with Crippen molar-refractivity contribution in [2.45, 2.75) is 25.9 Å². The second kappa shape index (κ2) is 6.50. The lowest BCUT2D eigenvalue weighted by atomic mass is 9.96. The molecule has 0 radical (unpaired) electrons. The molecule has 2 saturated heterocycles. The standard InChI is InChI=1S/C13H25N3O2/c1-11-3-7-16(9-12(11)17)13(18)10-15-6-2-4-14-5-8-15/h11-12,14,17H,2-10H2,1H3. The van der Waals surface area contributed by atoms with Crippen molar-refractivity contribution in [3.63, 3.8) is 0 Å². The zero-order valence-corrected chi connectivity index (χ0v) is 11.3. The van der Waals surface area contributed by atoms with Crippen molar-refractivity contribution in [1.29, 1.82) is 0 Å². The first kappa shape index (κ1) is 13.8. The maximum atomic E-state index is 12.2. The van der Waals surface area contributed by atoms with Gasteiger partial charge in [-0.2, -0.15) is 0 Å². The SMILES string of the molecule is CC1CCN(C(=O)CN2CCCNCC2)CC1O. The molecule has 1 amide bonds. The predicted molar refractivity (Wildman–Crippen MR) is 70.3 cm³/mol. The molecule has 104 valence electrons. The van der Waals surface area contributed by atoms with Crippen LogP contribution in [0.4, 0.5) is 0 Å². The van der Waals surface area contributed by atoms with Crippen LogP contribution in [0.5, 0.6) is 0 Å². The second-order valence-corrected chi connectivity index (χ2v) is 5.55. The van der Waals surface area contributed by atoms with E-state index in [4.69, 9.17) is 0 Å². The molecular formula is C13H25N3O2. The number of hydrogen-bond acceptors (Lipinski definition) is 4. The molecule has 0 aromatic carbocycles. The van der Waals surface area contributed by atoms with E-state index < -0.39 is 0 Å². The average molecular weight is 255 g/mol. The maximum Gasteiger partial charge on any atom is 0.236 e. The van der Waals surface area contributed by atoms with Crippen LogP contribution in [-0.2, 0) is 4.79 Å². The number of nitrogens with one attached hydrogen (secondary N) is 1. The first-order chi connectivity index (χ1) is 8.66. The Balaban J connectivity index is 1.80. The number of β-amino-alcohol motifs (C(OH)–C–C–N with tert-alkyl or cyclic N) is 1. The van der Waals surface area contributed by atoms with E-state index >= 15 is 0 Å². The molecule has 0 aliphatic carbocycles. The molecule has 2 N–H and O–H groups in total. The van der Waals surface area contributed by atoms with Gasteiger partial charge in [0.05, 0.1) is 12.6 Å². The summed E-state index contributed by atoms with van der Waals surface area (Å²) < 4.78 is 0. The third-order valence-electron chi connectivity index (χ3n) is 4.06. The zero-order chi connectivity index (χ0) is 13.0. The van der Waals surface area contributed by atoms with Crippen molar-refractivity contribution in [2.75, 3.05) is 45.8 Å². The molecular weight excluding hydrogens is 230 g/mol. The summed E-state index contributed by atoms with van der Waals surface area (Å²) in [7, 11) is 0. The summed E-state index contributed by atoms with van der Waals surface area (Å²) in [5.41, 5.74) is 0. The lowest BCUT2D eigenvalue weighted by Gasteiger charge is -2.35. The Morgan fingerprint density at radius 2 is 2.17 bits per heavy atom. The van der Waals surface area contributed by atoms with Gasteiger partial charge in [0.15, 0.2) is 0 Å². The minimum Gasteiger partial charge on any atom is -0.391 e. The van der Waals surface area contributed by atoms with Gasteiger partial charge < -0.3 is 15.3 Å². The predicted octanol–water partition coefficient (Wildman–Crippen LogP) is -0.489. The lowest BCUT2D eigenvalue weighted by Crippen LogP contribution is -2.49. The number of likely N-dealkylation sites (tertiary alicyclic amines) is 1. The molecule has 2 aliphatic heterocycles. The van der Waals surface area contributed by atoms with Gasteiger partial charge in [-0.15, -0.1) is 0 Å². The minimum atomic E-state index is -0.353. The maximum absolute atomic E-state index is 12.2. The summed E-state index contributed by atoms with van der Waals surface area (Å²) in [6, 6.07) is 0. The Hall–Kier alpha value is -0.650. The summed E-state index contributed by atoms with van der Waals surface area (Å²) in [6.45, 7) is 7.80. The first-order valence-electron chi connectivity index (χ1n) is 7.05. The molecule has 2 rings (SSSR count). The van der Waals surface area contributed by atoms with Crippen molar-refractivity contribution in [3.8, 4) is 0 Å². The van der Waals surface area contributed by atoms with Gasteiger partial charge in [0.25, 0.3) is 0 Å². The molecule has 2 unspecified atom stereocenters. The number of nitrogens with zero attached hydrogens (tertiary/aromatic N) is 2. The third kappa shape index (κ3) is 3.67. The molecule has 5 nitrogen and oxygen atoms in total. The summed E-state index contributed by atoms with van der Waals surface area (Å²) in [5.74, 6) is 0.485. The van der Waals surface area contributed by atoms with Gasteiger partial charge >= 0.3 is 0 Å². The van der Waals surface area contributed by atoms with Gasteiger partial charge in [-0.3, -0.25) is 9.69 Å². The highest BCUT2D eigenvalue weighted by Gasteiger charge is 2.27. The normalized spacial score (nSPS) is 31.1. The molecule has 0 spiro atoms. The van der Waals surface area contributed by atoms with Crippen LogP contribution >= 0.6 is 0 Å². The van der Waals surface area contributed by atoms with Gasteiger partial charge in [0.1, 0.15) is 0 Å². The largest absolute Gasteiger partial charge is 0.391 e. The molecule has 0 aromatic heterocycles. The van der Waals surface area contributed by atoms with E-state index in [2.05, 4.69) is 10.2 Å². The fourth-order valence-electron chi connectivity index (χ4n) is 2.63. The quantitative estimate of drug-likeness (QED) is 0.699. The Labute approximate surface area is 109 Å². The molecule has 2 atom stereocenters. The average Bonchev–Trinajstić information content (AvgIpc) is 2.61. The van der Waals surface area contributed by atoms with Crippen LogP contribution in [-0.4, -0.2) is 72.7 Å². The lowest BCUT2D eigenvalue weighted by molar-refractivity contribution is -0.136. The van der Waals surface area contributed by atoms with E-state index in [9.17, 15) is 9.90 Å². The second-order valence-electron chi connectivity index (χ2n) is 5.55. The van der Waals surface area contributed by atoms with Crippen molar-refractivity contribution >= 4 is 5.91 Å². The number of rotatable bonds is 2. The fraction of sp³-hybridized carbons (Fsp3) is 0.923. The summed E-state index contributed by atoms with van der Waals surface area (Å²) >= 11 is 0. The number of carbonyl (C=O) groups excluding carboxylic acids is 1. The minimum absolute atomic E-state index is 0.169. The van der Waals surface area contributed by atoms with E-state index in [1.165, 1.54) is 0 Å². The molecule has 2 fully saturated rings. The fourth-order valence-corrected chi connectivity index (χ4v) is 2.63. The highest BCUT2D eigenvalue weighted by Crippen LogP contribution is 2.17. The summed E-state index contributed by atoms with van der Waals surface area (Å²) in [5, 5.41) is 13.2. The Kier molecular flexibility index (Phi) is 4.97. The van der Waals surface area contributed by atoms with E-state index in [1.54, 1.807) is 0 Å². The number of hydrogen-bond donors (Lipinski definition) is 2. The summed E-state index contributed by atoms with van der Waals surface area (Å²) in [4.78, 5) is 16.2. The van der Waals surface area contributed by atoms with E-state index in [0.29, 0.717) is 19.0 Å². The van der Waals surface area contributed by atoms with Crippen molar-refractivity contribution in [2.24, 2.45) is 5.92 Å². The molecule has 2 heterocycles. The monoisotopic (exact) mass is 255 g/mol. The molecule has 0 saturated carbocycles.